The summed E-state index contributed by atoms with van der Waals surface area (Å²) >= 11 is 0. The van der Waals surface area contributed by atoms with Gasteiger partial charge in [-0.2, -0.15) is 5.10 Å². The largest absolute Gasteiger partial charge is 0.496 e. The Kier molecular flexibility index (Phi) is 4.28. The van der Waals surface area contributed by atoms with Gasteiger partial charge in [0.05, 0.1) is 12.7 Å². The molecule has 5 nitrogen and oxygen atoms in total. The van der Waals surface area contributed by atoms with Gasteiger partial charge in [0.25, 0.3) is 0 Å². The van der Waals surface area contributed by atoms with Gasteiger partial charge in [0.1, 0.15) is 23.9 Å². The van der Waals surface area contributed by atoms with Gasteiger partial charge in [-0.1, -0.05) is 30.3 Å². The molecule has 0 bridgehead atoms. The minimum absolute atomic E-state index is 0.428. The molecule has 2 aromatic carbocycles. The third-order valence-corrected chi connectivity index (χ3v) is 3.57. The minimum Gasteiger partial charge on any atom is -0.496 e. The quantitative estimate of drug-likeness (QED) is 0.725. The van der Waals surface area contributed by atoms with Gasteiger partial charge in [-0.25, -0.2) is 9.67 Å². The number of ether oxygens (including phenoxy) is 2. The summed E-state index contributed by atoms with van der Waals surface area (Å²) in [5.74, 6) is 3.12. The van der Waals surface area contributed by atoms with Crippen molar-refractivity contribution in [2.45, 2.75) is 13.5 Å². The predicted octanol–water partition coefficient (Wildman–Crippen LogP) is 3.38. The van der Waals surface area contributed by atoms with E-state index in [0.29, 0.717) is 6.61 Å². The number of methoxy groups -OCH3 is 1. The molecule has 23 heavy (non-hydrogen) atoms. The summed E-state index contributed by atoms with van der Waals surface area (Å²) in [4.78, 5) is 4.48. The Morgan fingerprint density at radius 1 is 1.00 bits per heavy atom. The fourth-order valence-electron chi connectivity index (χ4n) is 2.50. The number of rotatable bonds is 5. The number of nitrogens with zero attached hydrogens (tertiary/aromatic N) is 3. The van der Waals surface area contributed by atoms with E-state index in [2.05, 4.69) is 10.1 Å². The zero-order chi connectivity index (χ0) is 16.2. The zero-order valence-electron chi connectivity index (χ0n) is 13.5. The molecule has 0 fully saturated rings. The number of hydrogen-bond donors (Lipinski definition) is 0. The lowest BCUT2D eigenvalue weighted by Gasteiger charge is -2.12. The summed E-state index contributed by atoms with van der Waals surface area (Å²) in [7, 11) is 3.54. The monoisotopic (exact) mass is 309 g/mol. The van der Waals surface area contributed by atoms with Crippen molar-refractivity contribution >= 4 is 0 Å². The molecule has 5 heteroatoms. The van der Waals surface area contributed by atoms with E-state index in [1.807, 2.05) is 62.5 Å². The van der Waals surface area contributed by atoms with Gasteiger partial charge in [0, 0.05) is 12.6 Å². The van der Waals surface area contributed by atoms with Crippen LogP contribution in [-0.4, -0.2) is 21.9 Å². The Balaban J connectivity index is 1.88. The summed E-state index contributed by atoms with van der Waals surface area (Å²) in [5.41, 5.74) is 1.92. The van der Waals surface area contributed by atoms with E-state index in [1.54, 1.807) is 11.8 Å². The highest BCUT2D eigenvalue weighted by Gasteiger charge is 2.13. The van der Waals surface area contributed by atoms with Crippen LogP contribution in [0.1, 0.15) is 11.4 Å². The standard InChI is InChI=1S/C18H19N3O2/c1-13-19-18(21(2)20-13)15-9-5-7-11-17(15)23-12-14-8-4-6-10-16(14)22-3/h4-11H,12H2,1-3H3. The van der Waals surface area contributed by atoms with Gasteiger partial charge in [-0.15, -0.1) is 0 Å². The van der Waals surface area contributed by atoms with Crippen molar-refractivity contribution < 1.29 is 9.47 Å². The summed E-state index contributed by atoms with van der Waals surface area (Å²) in [6.45, 7) is 2.31. The van der Waals surface area contributed by atoms with Crippen molar-refractivity contribution in [1.29, 1.82) is 0 Å². The average Bonchev–Trinajstić information content (AvgIpc) is 2.91. The van der Waals surface area contributed by atoms with Gasteiger partial charge < -0.3 is 9.47 Å². The van der Waals surface area contributed by atoms with Gasteiger partial charge in [-0.05, 0) is 25.1 Å². The second-order valence-corrected chi connectivity index (χ2v) is 5.20. The molecule has 3 aromatic rings. The van der Waals surface area contributed by atoms with E-state index in [1.165, 1.54) is 0 Å². The normalized spacial score (nSPS) is 10.6. The summed E-state index contributed by atoms with van der Waals surface area (Å²) in [6.07, 6.45) is 0. The Morgan fingerprint density at radius 3 is 2.39 bits per heavy atom. The first kappa shape index (κ1) is 15.1. The molecule has 0 aliphatic rings. The van der Waals surface area contributed by atoms with Crippen LogP contribution in [0.25, 0.3) is 11.4 Å². The summed E-state index contributed by atoms with van der Waals surface area (Å²) in [5, 5.41) is 4.30. The summed E-state index contributed by atoms with van der Waals surface area (Å²) < 4.78 is 13.2. The molecule has 0 aliphatic carbocycles. The number of benzene rings is 2. The number of hydrogen-bond acceptors (Lipinski definition) is 4. The van der Waals surface area contributed by atoms with Crippen molar-refractivity contribution in [3.05, 3.63) is 59.9 Å². The lowest BCUT2D eigenvalue weighted by Crippen LogP contribution is -2.01. The molecule has 0 amide bonds. The lowest BCUT2D eigenvalue weighted by molar-refractivity contribution is 0.297. The third-order valence-electron chi connectivity index (χ3n) is 3.57. The minimum atomic E-state index is 0.428. The van der Waals surface area contributed by atoms with Crippen molar-refractivity contribution in [2.75, 3.05) is 7.11 Å². The van der Waals surface area contributed by atoms with Gasteiger partial charge in [0.2, 0.25) is 0 Å². The van der Waals surface area contributed by atoms with Gasteiger partial charge in [-0.3, -0.25) is 0 Å². The van der Waals surface area contributed by atoms with Crippen LogP contribution in [0.5, 0.6) is 11.5 Å². The smallest absolute Gasteiger partial charge is 0.161 e. The first-order chi connectivity index (χ1) is 11.2. The molecule has 118 valence electrons. The van der Waals surface area contributed by atoms with Crippen LogP contribution in [0.3, 0.4) is 0 Å². The first-order valence-electron chi connectivity index (χ1n) is 7.41. The molecule has 1 aromatic heterocycles. The van der Waals surface area contributed by atoms with Crippen molar-refractivity contribution in [3.8, 4) is 22.9 Å². The van der Waals surface area contributed by atoms with Crippen LogP contribution in [-0.2, 0) is 13.7 Å². The topological polar surface area (TPSA) is 49.2 Å². The number of aryl methyl sites for hydroxylation is 2. The molecule has 0 radical (unpaired) electrons. The Labute approximate surface area is 135 Å². The van der Waals surface area contributed by atoms with Gasteiger partial charge in [0.15, 0.2) is 5.82 Å². The molecule has 1 heterocycles. The second-order valence-electron chi connectivity index (χ2n) is 5.20. The highest BCUT2D eigenvalue weighted by atomic mass is 16.5. The highest BCUT2D eigenvalue weighted by molar-refractivity contribution is 5.64. The number of para-hydroxylation sites is 2. The van der Waals surface area contributed by atoms with E-state index in [4.69, 9.17) is 9.47 Å². The average molecular weight is 309 g/mol. The molecular formula is C18H19N3O2. The Morgan fingerprint density at radius 2 is 1.70 bits per heavy atom. The maximum atomic E-state index is 6.02. The second kappa shape index (κ2) is 6.52. The highest BCUT2D eigenvalue weighted by Crippen LogP contribution is 2.29. The molecule has 0 N–H and O–H groups in total. The molecular weight excluding hydrogens is 290 g/mol. The van der Waals surface area contributed by atoms with E-state index in [0.717, 1.165) is 34.3 Å². The maximum Gasteiger partial charge on any atom is 0.161 e. The van der Waals surface area contributed by atoms with Crippen molar-refractivity contribution in [2.24, 2.45) is 7.05 Å². The van der Waals surface area contributed by atoms with Gasteiger partial charge >= 0.3 is 0 Å². The number of aromatic nitrogens is 3. The Bertz CT molecular complexity index is 812. The zero-order valence-corrected chi connectivity index (χ0v) is 13.5. The van der Waals surface area contributed by atoms with Crippen LogP contribution in [0.2, 0.25) is 0 Å². The molecule has 0 spiro atoms. The Hall–Kier alpha value is -2.82. The molecule has 0 aliphatic heterocycles. The SMILES string of the molecule is COc1ccccc1COc1ccccc1-c1nc(C)nn1C. The summed E-state index contributed by atoms with van der Waals surface area (Å²) in [6, 6.07) is 15.7. The maximum absolute atomic E-state index is 6.02. The van der Waals surface area contributed by atoms with Crippen molar-refractivity contribution in [1.82, 2.24) is 14.8 Å². The molecule has 0 unspecified atom stereocenters. The molecule has 3 rings (SSSR count). The van der Waals surface area contributed by atoms with Crippen LogP contribution in [0.4, 0.5) is 0 Å². The third kappa shape index (κ3) is 3.18. The van der Waals surface area contributed by atoms with Crippen molar-refractivity contribution in [3.63, 3.8) is 0 Å². The van der Waals surface area contributed by atoms with E-state index < -0.39 is 0 Å². The van der Waals surface area contributed by atoms with Crippen LogP contribution in [0.15, 0.2) is 48.5 Å². The van der Waals surface area contributed by atoms with E-state index >= 15 is 0 Å². The van der Waals surface area contributed by atoms with E-state index in [9.17, 15) is 0 Å². The fraction of sp³-hybridized carbons (Fsp3) is 0.222. The molecule has 0 saturated carbocycles. The first-order valence-corrected chi connectivity index (χ1v) is 7.41. The lowest BCUT2D eigenvalue weighted by atomic mass is 10.2. The van der Waals surface area contributed by atoms with Crippen LogP contribution >= 0.6 is 0 Å². The predicted molar refractivity (Wildman–Crippen MR) is 88.5 cm³/mol. The van der Waals surface area contributed by atoms with Crippen LogP contribution in [0, 0.1) is 6.92 Å². The van der Waals surface area contributed by atoms with E-state index in [-0.39, 0.29) is 0 Å². The molecule has 0 atom stereocenters. The fourth-order valence-corrected chi connectivity index (χ4v) is 2.50. The molecule has 0 saturated heterocycles. The van der Waals surface area contributed by atoms with Crippen LogP contribution < -0.4 is 9.47 Å².